The summed E-state index contributed by atoms with van der Waals surface area (Å²) in [5.74, 6) is 1.07. The SMILES string of the molecule is COC(=O)C(NCCC1CCOC1)C1CC1. The summed E-state index contributed by atoms with van der Waals surface area (Å²) in [5.41, 5.74) is 0. The molecule has 1 aliphatic heterocycles. The first-order valence-electron chi connectivity index (χ1n) is 6.20. The highest BCUT2D eigenvalue weighted by atomic mass is 16.5. The molecule has 0 spiro atoms. The van der Waals surface area contributed by atoms with E-state index >= 15 is 0 Å². The molecule has 4 nitrogen and oxygen atoms in total. The molecule has 1 heterocycles. The van der Waals surface area contributed by atoms with Crippen LogP contribution in [-0.2, 0) is 14.3 Å². The molecule has 2 rings (SSSR count). The van der Waals surface area contributed by atoms with Gasteiger partial charge in [-0.2, -0.15) is 0 Å². The number of hydrogen-bond acceptors (Lipinski definition) is 4. The lowest BCUT2D eigenvalue weighted by molar-refractivity contribution is -0.143. The van der Waals surface area contributed by atoms with Gasteiger partial charge in [-0.3, -0.25) is 4.79 Å². The Morgan fingerprint density at radius 1 is 1.50 bits per heavy atom. The van der Waals surface area contributed by atoms with E-state index in [4.69, 9.17) is 9.47 Å². The molecular weight excluding hydrogens is 206 g/mol. The zero-order chi connectivity index (χ0) is 11.4. The van der Waals surface area contributed by atoms with Crippen LogP contribution < -0.4 is 5.32 Å². The fourth-order valence-corrected chi connectivity index (χ4v) is 2.25. The zero-order valence-corrected chi connectivity index (χ0v) is 9.91. The maximum atomic E-state index is 11.5. The Bertz CT molecular complexity index is 234. The molecule has 0 bridgehead atoms. The van der Waals surface area contributed by atoms with Crippen LogP contribution in [0.1, 0.15) is 25.7 Å². The Kier molecular flexibility index (Phi) is 4.18. The van der Waals surface area contributed by atoms with E-state index in [1.807, 2.05) is 0 Å². The molecule has 1 saturated heterocycles. The van der Waals surface area contributed by atoms with Gasteiger partial charge in [0.15, 0.2) is 0 Å². The van der Waals surface area contributed by atoms with Gasteiger partial charge in [-0.25, -0.2) is 0 Å². The van der Waals surface area contributed by atoms with Crippen molar-refractivity contribution >= 4 is 5.97 Å². The van der Waals surface area contributed by atoms with Gasteiger partial charge in [-0.15, -0.1) is 0 Å². The van der Waals surface area contributed by atoms with Gasteiger partial charge in [-0.1, -0.05) is 0 Å². The highest BCUT2D eigenvalue weighted by Gasteiger charge is 2.36. The summed E-state index contributed by atoms with van der Waals surface area (Å²) in [6.07, 6.45) is 4.56. The van der Waals surface area contributed by atoms with Crippen molar-refractivity contribution in [3.8, 4) is 0 Å². The fourth-order valence-electron chi connectivity index (χ4n) is 2.25. The Morgan fingerprint density at radius 3 is 2.88 bits per heavy atom. The van der Waals surface area contributed by atoms with E-state index in [-0.39, 0.29) is 12.0 Å². The molecule has 2 fully saturated rings. The first kappa shape index (κ1) is 11.9. The molecule has 16 heavy (non-hydrogen) atoms. The molecular formula is C12H21NO3. The van der Waals surface area contributed by atoms with Crippen molar-refractivity contribution in [1.82, 2.24) is 5.32 Å². The third-order valence-corrected chi connectivity index (χ3v) is 3.49. The van der Waals surface area contributed by atoms with Crippen LogP contribution in [0.15, 0.2) is 0 Å². The predicted molar refractivity (Wildman–Crippen MR) is 60.1 cm³/mol. The molecule has 1 aliphatic carbocycles. The summed E-state index contributed by atoms with van der Waals surface area (Å²) < 4.78 is 10.1. The summed E-state index contributed by atoms with van der Waals surface area (Å²) in [5, 5.41) is 3.33. The predicted octanol–water partition coefficient (Wildman–Crippen LogP) is 0.954. The van der Waals surface area contributed by atoms with Gasteiger partial charge in [0.05, 0.1) is 7.11 Å². The fraction of sp³-hybridized carbons (Fsp3) is 0.917. The third-order valence-electron chi connectivity index (χ3n) is 3.49. The minimum absolute atomic E-state index is 0.0766. The average molecular weight is 227 g/mol. The average Bonchev–Trinajstić information content (AvgIpc) is 3.00. The van der Waals surface area contributed by atoms with Crippen LogP contribution in [0.2, 0.25) is 0 Å². The molecule has 0 radical (unpaired) electrons. The Labute approximate surface area is 96.7 Å². The molecule has 2 unspecified atom stereocenters. The summed E-state index contributed by atoms with van der Waals surface area (Å²) >= 11 is 0. The summed E-state index contributed by atoms with van der Waals surface area (Å²) in [6.45, 7) is 2.67. The highest BCUT2D eigenvalue weighted by Crippen LogP contribution is 2.33. The Morgan fingerprint density at radius 2 is 2.31 bits per heavy atom. The Balaban J connectivity index is 1.67. The van der Waals surface area contributed by atoms with E-state index in [2.05, 4.69) is 5.32 Å². The standard InChI is InChI=1S/C12H21NO3/c1-15-12(14)11(10-2-3-10)13-6-4-9-5-7-16-8-9/h9-11,13H,2-8H2,1H3. The van der Waals surface area contributed by atoms with Crippen molar-refractivity contribution in [3.63, 3.8) is 0 Å². The maximum Gasteiger partial charge on any atom is 0.323 e. The first-order valence-corrected chi connectivity index (χ1v) is 6.20. The van der Waals surface area contributed by atoms with Gasteiger partial charge in [-0.05, 0) is 44.1 Å². The van der Waals surface area contributed by atoms with Crippen LogP contribution in [-0.4, -0.2) is 38.9 Å². The minimum Gasteiger partial charge on any atom is -0.468 e. The monoisotopic (exact) mass is 227 g/mol. The summed E-state index contributed by atoms with van der Waals surface area (Å²) in [7, 11) is 1.46. The quantitative estimate of drug-likeness (QED) is 0.686. The van der Waals surface area contributed by atoms with Crippen molar-refractivity contribution in [2.24, 2.45) is 11.8 Å². The number of esters is 1. The topological polar surface area (TPSA) is 47.6 Å². The molecule has 92 valence electrons. The molecule has 0 aromatic rings. The second-order valence-electron chi connectivity index (χ2n) is 4.81. The van der Waals surface area contributed by atoms with Gasteiger partial charge in [0.25, 0.3) is 0 Å². The maximum absolute atomic E-state index is 11.5. The van der Waals surface area contributed by atoms with Gasteiger partial charge < -0.3 is 14.8 Å². The van der Waals surface area contributed by atoms with Crippen LogP contribution in [0.5, 0.6) is 0 Å². The largest absolute Gasteiger partial charge is 0.468 e. The third kappa shape index (κ3) is 3.19. The number of nitrogens with one attached hydrogen (secondary N) is 1. The molecule has 1 saturated carbocycles. The molecule has 0 aromatic carbocycles. The van der Waals surface area contributed by atoms with E-state index in [0.29, 0.717) is 11.8 Å². The van der Waals surface area contributed by atoms with E-state index in [1.165, 1.54) is 7.11 Å². The molecule has 2 atom stereocenters. The minimum atomic E-state index is -0.106. The lowest BCUT2D eigenvalue weighted by atomic mass is 10.0. The highest BCUT2D eigenvalue weighted by molar-refractivity contribution is 5.76. The second-order valence-corrected chi connectivity index (χ2v) is 4.81. The number of methoxy groups -OCH3 is 1. The van der Waals surface area contributed by atoms with Crippen molar-refractivity contribution in [2.45, 2.75) is 31.7 Å². The zero-order valence-electron chi connectivity index (χ0n) is 9.91. The Hall–Kier alpha value is -0.610. The van der Waals surface area contributed by atoms with Crippen LogP contribution in [0, 0.1) is 11.8 Å². The van der Waals surface area contributed by atoms with Crippen LogP contribution in [0.3, 0.4) is 0 Å². The molecule has 1 N–H and O–H groups in total. The van der Waals surface area contributed by atoms with Crippen LogP contribution in [0.25, 0.3) is 0 Å². The van der Waals surface area contributed by atoms with Gasteiger partial charge >= 0.3 is 5.97 Å². The van der Waals surface area contributed by atoms with Crippen LogP contribution in [0.4, 0.5) is 0 Å². The van der Waals surface area contributed by atoms with E-state index in [9.17, 15) is 4.79 Å². The number of hydrogen-bond donors (Lipinski definition) is 1. The van der Waals surface area contributed by atoms with Gasteiger partial charge in [0.1, 0.15) is 6.04 Å². The normalized spacial score (nSPS) is 26.7. The number of ether oxygens (including phenoxy) is 2. The molecule has 4 heteroatoms. The summed E-state index contributed by atoms with van der Waals surface area (Å²) in [6, 6.07) is -0.0766. The number of rotatable bonds is 6. The molecule has 2 aliphatic rings. The molecule has 0 amide bonds. The number of carbonyl (C=O) groups excluding carboxylic acids is 1. The van der Waals surface area contributed by atoms with Gasteiger partial charge in [0.2, 0.25) is 0 Å². The lowest BCUT2D eigenvalue weighted by Crippen LogP contribution is -2.40. The van der Waals surface area contributed by atoms with E-state index < -0.39 is 0 Å². The molecule has 0 aromatic heterocycles. The number of carbonyl (C=O) groups is 1. The first-order chi connectivity index (χ1) is 7.81. The van der Waals surface area contributed by atoms with Crippen molar-refractivity contribution in [1.29, 1.82) is 0 Å². The lowest BCUT2D eigenvalue weighted by Gasteiger charge is -2.16. The van der Waals surface area contributed by atoms with E-state index in [0.717, 1.165) is 45.4 Å². The smallest absolute Gasteiger partial charge is 0.323 e. The van der Waals surface area contributed by atoms with Crippen LogP contribution >= 0.6 is 0 Å². The van der Waals surface area contributed by atoms with Crippen molar-refractivity contribution in [3.05, 3.63) is 0 Å². The van der Waals surface area contributed by atoms with Crippen molar-refractivity contribution < 1.29 is 14.3 Å². The second kappa shape index (κ2) is 5.64. The summed E-state index contributed by atoms with van der Waals surface area (Å²) in [4.78, 5) is 11.5. The van der Waals surface area contributed by atoms with Crippen molar-refractivity contribution in [2.75, 3.05) is 26.9 Å². The van der Waals surface area contributed by atoms with Gasteiger partial charge in [0, 0.05) is 13.2 Å². The van der Waals surface area contributed by atoms with E-state index in [1.54, 1.807) is 0 Å².